The second-order valence-electron chi connectivity index (χ2n) is 6.82. The molecule has 1 amide bonds. The van der Waals surface area contributed by atoms with Crippen LogP contribution < -0.4 is 10.2 Å². The summed E-state index contributed by atoms with van der Waals surface area (Å²) in [7, 11) is -2.99. The molecule has 0 aliphatic carbocycles. The summed E-state index contributed by atoms with van der Waals surface area (Å²) in [6.07, 6.45) is 0.509. The molecule has 0 aromatic heterocycles. The zero-order chi connectivity index (χ0) is 18.0. The second kappa shape index (κ2) is 7.21. The molecule has 138 valence electrons. The van der Waals surface area contributed by atoms with Gasteiger partial charge < -0.3 is 15.3 Å². The second-order valence-corrected chi connectivity index (χ2v) is 9.05. The molecular formula is C17H25N3O4S. The maximum Gasteiger partial charge on any atom is 0.237 e. The van der Waals surface area contributed by atoms with Gasteiger partial charge in [-0.25, -0.2) is 8.42 Å². The van der Waals surface area contributed by atoms with Crippen molar-refractivity contribution in [2.24, 2.45) is 0 Å². The highest BCUT2D eigenvalue weighted by atomic mass is 32.2. The molecule has 3 rings (SSSR count). The van der Waals surface area contributed by atoms with Crippen molar-refractivity contribution in [2.75, 3.05) is 42.6 Å². The monoisotopic (exact) mass is 367 g/mol. The zero-order valence-electron chi connectivity index (χ0n) is 14.4. The van der Waals surface area contributed by atoms with E-state index in [1.165, 1.54) is 0 Å². The number of amides is 1. The maximum atomic E-state index is 12.4. The summed E-state index contributed by atoms with van der Waals surface area (Å²) in [6, 6.07) is 6.60. The number of aromatic hydroxyl groups is 1. The van der Waals surface area contributed by atoms with Gasteiger partial charge in [0.25, 0.3) is 0 Å². The Morgan fingerprint density at radius 2 is 1.84 bits per heavy atom. The number of sulfone groups is 1. The van der Waals surface area contributed by atoms with Crippen LogP contribution in [0, 0.1) is 0 Å². The third kappa shape index (κ3) is 4.43. The molecule has 2 aliphatic heterocycles. The molecule has 2 N–H and O–H groups in total. The first-order chi connectivity index (χ1) is 11.8. The van der Waals surface area contributed by atoms with Crippen LogP contribution in [-0.2, 0) is 14.6 Å². The first-order valence-corrected chi connectivity index (χ1v) is 10.4. The maximum absolute atomic E-state index is 12.4. The Morgan fingerprint density at radius 1 is 1.20 bits per heavy atom. The third-order valence-corrected chi connectivity index (χ3v) is 6.80. The van der Waals surface area contributed by atoms with Crippen LogP contribution >= 0.6 is 0 Å². The summed E-state index contributed by atoms with van der Waals surface area (Å²) in [5.41, 5.74) is 1.06. The minimum Gasteiger partial charge on any atom is -0.508 e. The number of phenols is 1. The van der Waals surface area contributed by atoms with Crippen molar-refractivity contribution in [2.45, 2.75) is 25.4 Å². The van der Waals surface area contributed by atoms with E-state index < -0.39 is 9.84 Å². The third-order valence-electron chi connectivity index (χ3n) is 5.04. The molecule has 2 atom stereocenters. The molecule has 25 heavy (non-hydrogen) atoms. The number of phenolic OH excluding ortho intramolecular Hbond substituents is 1. The summed E-state index contributed by atoms with van der Waals surface area (Å²) in [6.45, 7) is 5.01. The van der Waals surface area contributed by atoms with Crippen LogP contribution in [0.2, 0.25) is 0 Å². The lowest BCUT2D eigenvalue weighted by atomic mass is 10.1. The van der Waals surface area contributed by atoms with E-state index in [-0.39, 0.29) is 35.2 Å². The van der Waals surface area contributed by atoms with E-state index in [4.69, 9.17) is 0 Å². The number of carbonyl (C=O) groups excluding carboxylic acids is 1. The van der Waals surface area contributed by atoms with E-state index >= 15 is 0 Å². The first kappa shape index (κ1) is 18.0. The van der Waals surface area contributed by atoms with Crippen molar-refractivity contribution in [3.63, 3.8) is 0 Å². The number of nitrogens with one attached hydrogen (secondary N) is 1. The molecule has 7 nitrogen and oxygen atoms in total. The number of nitrogens with zero attached hydrogens (tertiary/aromatic N) is 2. The Kier molecular flexibility index (Phi) is 5.19. The van der Waals surface area contributed by atoms with Gasteiger partial charge in [0.1, 0.15) is 5.75 Å². The highest BCUT2D eigenvalue weighted by Gasteiger charge is 2.32. The molecule has 0 unspecified atom stereocenters. The van der Waals surface area contributed by atoms with Crippen LogP contribution in [0.25, 0.3) is 0 Å². The van der Waals surface area contributed by atoms with Crippen LogP contribution in [-0.4, -0.2) is 74.1 Å². The lowest BCUT2D eigenvalue weighted by molar-refractivity contribution is -0.126. The molecular weight excluding hydrogens is 342 g/mol. The molecule has 0 bridgehead atoms. The van der Waals surface area contributed by atoms with Gasteiger partial charge >= 0.3 is 0 Å². The van der Waals surface area contributed by atoms with Crippen LogP contribution in [0.3, 0.4) is 0 Å². The summed E-state index contributed by atoms with van der Waals surface area (Å²) < 4.78 is 23.0. The summed E-state index contributed by atoms with van der Waals surface area (Å²) in [5, 5.41) is 12.3. The number of hydrogen-bond donors (Lipinski definition) is 2. The van der Waals surface area contributed by atoms with Gasteiger partial charge in [-0.3, -0.25) is 9.69 Å². The van der Waals surface area contributed by atoms with Gasteiger partial charge in [0.15, 0.2) is 9.84 Å². The molecule has 2 fully saturated rings. The average Bonchev–Trinajstić information content (AvgIpc) is 2.93. The van der Waals surface area contributed by atoms with Gasteiger partial charge in [0.2, 0.25) is 5.91 Å². The van der Waals surface area contributed by atoms with Crippen molar-refractivity contribution in [3.05, 3.63) is 24.3 Å². The highest BCUT2D eigenvalue weighted by Crippen LogP contribution is 2.20. The average molecular weight is 367 g/mol. The number of hydrogen-bond acceptors (Lipinski definition) is 6. The fourth-order valence-corrected chi connectivity index (χ4v) is 5.10. The standard InChI is InChI=1S/C17H25N3O4S/c1-13(17(22)18-14-6-11-25(23,24)12-14)19-7-9-20(10-8-19)15-2-4-16(21)5-3-15/h2-5,13-14,21H,6-12H2,1H3,(H,18,22)/t13-,14-/m0/s1. The predicted octanol–water partition coefficient (Wildman–Crippen LogP) is 0.206. The summed E-state index contributed by atoms with van der Waals surface area (Å²) in [5.74, 6) is 0.374. The van der Waals surface area contributed by atoms with Gasteiger partial charge in [-0.2, -0.15) is 0 Å². The van der Waals surface area contributed by atoms with E-state index in [1.807, 2.05) is 19.1 Å². The number of anilines is 1. The number of carbonyl (C=O) groups is 1. The van der Waals surface area contributed by atoms with Crippen molar-refractivity contribution in [3.8, 4) is 5.75 Å². The van der Waals surface area contributed by atoms with Crippen LogP contribution in [0.1, 0.15) is 13.3 Å². The van der Waals surface area contributed by atoms with Crippen LogP contribution in [0.4, 0.5) is 5.69 Å². The van der Waals surface area contributed by atoms with Crippen LogP contribution in [0.15, 0.2) is 24.3 Å². The van der Waals surface area contributed by atoms with Gasteiger partial charge in [-0.1, -0.05) is 0 Å². The number of benzene rings is 1. The van der Waals surface area contributed by atoms with E-state index in [2.05, 4.69) is 15.1 Å². The Balaban J connectivity index is 1.50. The van der Waals surface area contributed by atoms with Crippen molar-refractivity contribution in [1.82, 2.24) is 10.2 Å². The van der Waals surface area contributed by atoms with Crippen molar-refractivity contribution in [1.29, 1.82) is 0 Å². The molecule has 2 aliphatic rings. The van der Waals surface area contributed by atoms with Gasteiger partial charge in [-0.15, -0.1) is 0 Å². The van der Waals surface area contributed by atoms with E-state index in [0.29, 0.717) is 6.42 Å². The minimum absolute atomic E-state index is 0.0556. The fourth-order valence-electron chi connectivity index (χ4n) is 3.43. The molecule has 0 saturated carbocycles. The number of piperazine rings is 1. The smallest absolute Gasteiger partial charge is 0.237 e. The van der Waals surface area contributed by atoms with E-state index in [1.54, 1.807) is 12.1 Å². The topological polar surface area (TPSA) is 90.0 Å². The molecule has 2 heterocycles. The lowest BCUT2D eigenvalue weighted by Gasteiger charge is -2.38. The molecule has 2 saturated heterocycles. The normalized spacial score (nSPS) is 24.8. The van der Waals surface area contributed by atoms with E-state index in [0.717, 1.165) is 31.9 Å². The van der Waals surface area contributed by atoms with Gasteiger partial charge in [0.05, 0.1) is 17.5 Å². The number of rotatable bonds is 4. The lowest BCUT2D eigenvalue weighted by Crippen LogP contribution is -2.55. The predicted molar refractivity (Wildman–Crippen MR) is 96.6 cm³/mol. The molecule has 8 heteroatoms. The Hall–Kier alpha value is -1.80. The minimum atomic E-state index is -2.99. The summed E-state index contributed by atoms with van der Waals surface area (Å²) in [4.78, 5) is 16.8. The van der Waals surface area contributed by atoms with Gasteiger partial charge in [-0.05, 0) is 37.6 Å². The molecule has 0 radical (unpaired) electrons. The highest BCUT2D eigenvalue weighted by molar-refractivity contribution is 7.91. The first-order valence-electron chi connectivity index (χ1n) is 8.63. The molecule has 0 spiro atoms. The molecule has 1 aromatic carbocycles. The Labute approximate surface area is 148 Å². The zero-order valence-corrected chi connectivity index (χ0v) is 15.2. The van der Waals surface area contributed by atoms with E-state index in [9.17, 15) is 18.3 Å². The quantitative estimate of drug-likeness (QED) is 0.791. The fraction of sp³-hybridized carbons (Fsp3) is 0.588. The summed E-state index contributed by atoms with van der Waals surface area (Å²) >= 11 is 0. The molecule has 1 aromatic rings. The SMILES string of the molecule is C[C@@H](C(=O)N[C@H]1CCS(=O)(=O)C1)N1CCN(c2ccc(O)cc2)CC1. The van der Waals surface area contributed by atoms with Crippen molar-refractivity contribution < 1.29 is 18.3 Å². The largest absolute Gasteiger partial charge is 0.508 e. The Morgan fingerprint density at radius 3 is 2.40 bits per heavy atom. The van der Waals surface area contributed by atoms with Crippen LogP contribution in [0.5, 0.6) is 5.75 Å². The Bertz CT molecular complexity index is 712. The van der Waals surface area contributed by atoms with Crippen molar-refractivity contribution >= 4 is 21.4 Å². The van der Waals surface area contributed by atoms with Gasteiger partial charge in [0, 0.05) is 37.9 Å².